The third-order valence-corrected chi connectivity index (χ3v) is 4.56. The van der Waals surface area contributed by atoms with Crippen molar-refractivity contribution in [1.29, 1.82) is 0 Å². The molecular weight excluding hydrogens is 399 g/mol. The molecule has 0 saturated carbocycles. The van der Waals surface area contributed by atoms with Crippen LogP contribution in [0.4, 0.5) is 0 Å². The Labute approximate surface area is 158 Å². The summed E-state index contributed by atoms with van der Waals surface area (Å²) >= 11 is 0. The van der Waals surface area contributed by atoms with Crippen LogP contribution in [0.2, 0.25) is 0 Å². The second kappa shape index (κ2) is 10.9. The molecule has 1 aromatic carbocycles. The molecular formula is C18H31IN4. The molecule has 1 aliphatic heterocycles. The fourth-order valence-corrected chi connectivity index (χ4v) is 3.06. The van der Waals surface area contributed by atoms with E-state index in [2.05, 4.69) is 58.6 Å². The molecule has 1 saturated heterocycles. The first kappa shape index (κ1) is 20.2. The summed E-state index contributed by atoms with van der Waals surface area (Å²) in [6.07, 6.45) is 3.87. The second-order valence-electron chi connectivity index (χ2n) is 6.04. The number of aliphatic imine (C=N–C) groups is 1. The summed E-state index contributed by atoms with van der Waals surface area (Å²) in [5, 5.41) is 6.90. The summed E-state index contributed by atoms with van der Waals surface area (Å²) in [4.78, 5) is 6.94. The van der Waals surface area contributed by atoms with Crippen LogP contribution in [0.15, 0.2) is 29.3 Å². The van der Waals surface area contributed by atoms with Crippen molar-refractivity contribution in [2.24, 2.45) is 4.99 Å². The molecule has 0 amide bonds. The molecule has 1 aromatic rings. The second-order valence-corrected chi connectivity index (χ2v) is 6.04. The van der Waals surface area contributed by atoms with Crippen LogP contribution < -0.4 is 10.6 Å². The van der Waals surface area contributed by atoms with Crippen LogP contribution in [0.25, 0.3) is 0 Å². The standard InChI is InChI=1S/C18H30N4.HI/c1-4-17(22-11-7-8-12-22)14-21-18(19-3)20-13-16-10-6-5-9-15(16)2;/h5-6,9-10,17H,4,7-8,11-14H2,1-3H3,(H2,19,20,21);1H. The molecule has 0 radical (unpaired) electrons. The minimum Gasteiger partial charge on any atom is -0.355 e. The van der Waals surface area contributed by atoms with Gasteiger partial charge in [0.15, 0.2) is 5.96 Å². The third-order valence-electron chi connectivity index (χ3n) is 4.56. The Morgan fingerprint density at radius 1 is 1.22 bits per heavy atom. The number of nitrogens with one attached hydrogen (secondary N) is 2. The van der Waals surface area contributed by atoms with Gasteiger partial charge in [0.2, 0.25) is 0 Å². The molecule has 1 fully saturated rings. The molecule has 23 heavy (non-hydrogen) atoms. The number of hydrogen-bond donors (Lipinski definition) is 2. The highest BCUT2D eigenvalue weighted by atomic mass is 127. The molecule has 1 aliphatic rings. The van der Waals surface area contributed by atoms with Crippen molar-refractivity contribution in [3.05, 3.63) is 35.4 Å². The quantitative estimate of drug-likeness (QED) is 0.414. The Morgan fingerprint density at radius 3 is 2.52 bits per heavy atom. The lowest BCUT2D eigenvalue weighted by Gasteiger charge is -2.27. The van der Waals surface area contributed by atoms with Crippen LogP contribution >= 0.6 is 24.0 Å². The van der Waals surface area contributed by atoms with Crippen molar-refractivity contribution in [2.45, 2.75) is 45.7 Å². The Hall–Kier alpha value is -0.820. The number of hydrogen-bond acceptors (Lipinski definition) is 2. The normalized spacial score (nSPS) is 16.7. The van der Waals surface area contributed by atoms with Crippen molar-refractivity contribution in [2.75, 3.05) is 26.7 Å². The van der Waals surface area contributed by atoms with E-state index in [9.17, 15) is 0 Å². The van der Waals surface area contributed by atoms with Gasteiger partial charge in [-0.05, 0) is 50.4 Å². The van der Waals surface area contributed by atoms with Crippen LogP contribution in [0, 0.1) is 6.92 Å². The first-order valence-corrected chi connectivity index (χ1v) is 8.47. The number of benzene rings is 1. The van der Waals surface area contributed by atoms with Gasteiger partial charge in [0.1, 0.15) is 0 Å². The van der Waals surface area contributed by atoms with E-state index in [0.717, 1.165) is 19.0 Å². The van der Waals surface area contributed by atoms with Gasteiger partial charge in [-0.25, -0.2) is 0 Å². The monoisotopic (exact) mass is 430 g/mol. The summed E-state index contributed by atoms with van der Waals surface area (Å²) < 4.78 is 0. The van der Waals surface area contributed by atoms with Gasteiger partial charge in [0.25, 0.3) is 0 Å². The summed E-state index contributed by atoms with van der Waals surface area (Å²) in [6, 6.07) is 9.08. The van der Waals surface area contributed by atoms with Crippen molar-refractivity contribution in [3.63, 3.8) is 0 Å². The van der Waals surface area contributed by atoms with E-state index in [-0.39, 0.29) is 24.0 Å². The molecule has 1 atom stereocenters. The van der Waals surface area contributed by atoms with Gasteiger partial charge in [-0.3, -0.25) is 9.89 Å². The number of aryl methyl sites for hydroxylation is 1. The molecule has 2 N–H and O–H groups in total. The van der Waals surface area contributed by atoms with Gasteiger partial charge in [0.05, 0.1) is 0 Å². The lowest BCUT2D eigenvalue weighted by Crippen LogP contribution is -2.46. The van der Waals surface area contributed by atoms with Gasteiger partial charge in [-0.1, -0.05) is 31.2 Å². The first-order valence-electron chi connectivity index (χ1n) is 8.47. The maximum Gasteiger partial charge on any atom is 0.191 e. The molecule has 4 nitrogen and oxygen atoms in total. The van der Waals surface area contributed by atoms with Crippen molar-refractivity contribution in [1.82, 2.24) is 15.5 Å². The van der Waals surface area contributed by atoms with Gasteiger partial charge in [0, 0.05) is 26.2 Å². The summed E-state index contributed by atoms with van der Waals surface area (Å²) in [6.45, 7) is 8.68. The lowest BCUT2D eigenvalue weighted by atomic mass is 10.1. The van der Waals surface area contributed by atoms with E-state index in [1.807, 2.05) is 7.05 Å². The van der Waals surface area contributed by atoms with Gasteiger partial charge >= 0.3 is 0 Å². The van der Waals surface area contributed by atoms with E-state index in [1.54, 1.807) is 0 Å². The van der Waals surface area contributed by atoms with Gasteiger partial charge in [-0.15, -0.1) is 24.0 Å². The molecule has 1 heterocycles. The summed E-state index contributed by atoms with van der Waals surface area (Å²) in [7, 11) is 1.84. The fourth-order valence-electron chi connectivity index (χ4n) is 3.06. The molecule has 0 aliphatic carbocycles. The van der Waals surface area contributed by atoms with E-state index < -0.39 is 0 Å². The summed E-state index contributed by atoms with van der Waals surface area (Å²) in [5.41, 5.74) is 2.63. The van der Waals surface area contributed by atoms with E-state index >= 15 is 0 Å². The van der Waals surface area contributed by atoms with Crippen LogP contribution in [-0.4, -0.2) is 43.6 Å². The highest BCUT2D eigenvalue weighted by Crippen LogP contribution is 2.13. The third kappa shape index (κ3) is 6.30. The molecule has 0 bridgehead atoms. The van der Waals surface area contributed by atoms with Crippen molar-refractivity contribution >= 4 is 29.9 Å². The zero-order valence-electron chi connectivity index (χ0n) is 14.6. The number of halogens is 1. The lowest BCUT2D eigenvalue weighted by molar-refractivity contribution is 0.236. The van der Waals surface area contributed by atoms with E-state index in [1.165, 1.54) is 43.5 Å². The first-order chi connectivity index (χ1) is 10.7. The van der Waals surface area contributed by atoms with Crippen LogP contribution in [0.1, 0.15) is 37.3 Å². The van der Waals surface area contributed by atoms with Crippen LogP contribution in [-0.2, 0) is 6.54 Å². The molecule has 130 valence electrons. The predicted octanol–water partition coefficient (Wildman–Crippen LogP) is 3.15. The van der Waals surface area contributed by atoms with Crippen LogP contribution in [0.5, 0.6) is 0 Å². The van der Waals surface area contributed by atoms with E-state index in [4.69, 9.17) is 0 Å². The average molecular weight is 430 g/mol. The highest BCUT2D eigenvalue weighted by Gasteiger charge is 2.20. The van der Waals surface area contributed by atoms with Gasteiger partial charge in [-0.2, -0.15) is 0 Å². The number of likely N-dealkylation sites (tertiary alicyclic amines) is 1. The number of guanidine groups is 1. The predicted molar refractivity (Wildman–Crippen MR) is 110 cm³/mol. The largest absolute Gasteiger partial charge is 0.355 e. The van der Waals surface area contributed by atoms with Crippen LogP contribution in [0.3, 0.4) is 0 Å². The number of rotatable bonds is 6. The topological polar surface area (TPSA) is 39.7 Å². The zero-order chi connectivity index (χ0) is 15.8. The molecule has 0 aromatic heterocycles. The zero-order valence-corrected chi connectivity index (χ0v) is 17.0. The summed E-state index contributed by atoms with van der Waals surface area (Å²) in [5.74, 6) is 0.890. The van der Waals surface area contributed by atoms with Crippen molar-refractivity contribution < 1.29 is 0 Å². The van der Waals surface area contributed by atoms with Gasteiger partial charge < -0.3 is 10.6 Å². The number of nitrogens with zero attached hydrogens (tertiary/aromatic N) is 2. The van der Waals surface area contributed by atoms with E-state index in [0.29, 0.717) is 6.04 Å². The maximum absolute atomic E-state index is 4.34. The molecule has 0 spiro atoms. The Morgan fingerprint density at radius 2 is 1.91 bits per heavy atom. The Kier molecular flexibility index (Phi) is 9.55. The SMILES string of the molecule is CCC(CNC(=NC)NCc1ccccc1C)N1CCCC1.I. The maximum atomic E-state index is 4.34. The molecule has 1 unspecified atom stereocenters. The fraction of sp³-hybridized carbons (Fsp3) is 0.611. The Balaban J connectivity index is 0.00000264. The molecule has 5 heteroatoms. The minimum absolute atomic E-state index is 0. The Bertz CT molecular complexity index is 484. The smallest absolute Gasteiger partial charge is 0.191 e. The minimum atomic E-state index is 0. The van der Waals surface area contributed by atoms with Crippen molar-refractivity contribution in [3.8, 4) is 0 Å². The average Bonchev–Trinajstić information content (AvgIpc) is 3.06. The highest BCUT2D eigenvalue weighted by molar-refractivity contribution is 14.0. The molecule has 2 rings (SSSR count).